The van der Waals surface area contributed by atoms with Gasteiger partial charge in [-0.1, -0.05) is 24.3 Å². The van der Waals surface area contributed by atoms with Crippen LogP contribution in [-0.4, -0.2) is 27.9 Å². The van der Waals surface area contributed by atoms with E-state index in [1.807, 2.05) is 66.7 Å². The van der Waals surface area contributed by atoms with Crippen molar-refractivity contribution in [3.63, 3.8) is 0 Å². The maximum absolute atomic E-state index is 12.7. The number of pyridine rings is 2. The average molecular weight is 384 g/mol. The number of aromatic nitrogens is 2. The summed E-state index contributed by atoms with van der Waals surface area (Å²) in [4.78, 5) is 22.9. The quantitative estimate of drug-likeness (QED) is 0.521. The summed E-state index contributed by atoms with van der Waals surface area (Å²) in [5.41, 5.74) is 2.27. The number of carbonyl (C=O) groups is 1. The number of ether oxygens (including phenoxy) is 1. The Balaban J connectivity index is 1.54. The van der Waals surface area contributed by atoms with Gasteiger partial charge in [-0.2, -0.15) is 0 Å². The lowest BCUT2D eigenvalue weighted by atomic mass is 10.1. The number of rotatable bonds is 5. The van der Waals surface area contributed by atoms with Gasteiger partial charge in [-0.05, 0) is 48.5 Å². The molecule has 2 aromatic carbocycles. The van der Waals surface area contributed by atoms with Crippen molar-refractivity contribution in [3.8, 4) is 11.5 Å². The van der Waals surface area contributed by atoms with Crippen LogP contribution in [0.1, 0.15) is 5.69 Å². The predicted molar refractivity (Wildman–Crippen MR) is 113 cm³/mol. The number of hydrogen-bond donors (Lipinski definition) is 1. The third-order valence-corrected chi connectivity index (χ3v) is 4.41. The van der Waals surface area contributed by atoms with E-state index in [2.05, 4.69) is 15.3 Å². The minimum atomic E-state index is -0.225. The van der Waals surface area contributed by atoms with Crippen molar-refractivity contribution >= 4 is 22.6 Å². The molecule has 0 unspecified atom stereocenters. The first-order chi connectivity index (χ1) is 14.2. The highest BCUT2D eigenvalue weighted by Gasteiger charge is 2.12. The van der Waals surface area contributed by atoms with Crippen LogP contribution in [-0.2, 0) is 6.54 Å². The van der Waals surface area contributed by atoms with Gasteiger partial charge in [0.25, 0.3) is 0 Å². The molecule has 2 amide bonds. The molecule has 0 saturated carbocycles. The summed E-state index contributed by atoms with van der Waals surface area (Å²) in [7, 11) is 1.73. The highest BCUT2D eigenvalue weighted by molar-refractivity contribution is 6.00. The Morgan fingerprint density at radius 3 is 2.55 bits per heavy atom. The molecule has 1 N–H and O–H groups in total. The highest BCUT2D eigenvalue weighted by atomic mass is 16.5. The largest absolute Gasteiger partial charge is 0.457 e. The zero-order valence-corrected chi connectivity index (χ0v) is 15.9. The summed E-state index contributed by atoms with van der Waals surface area (Å²) in [6.07, 6.45) is 3.39. The van der Waals surface area contributed by atoms with Crippen molar-refractivity contribution in [1.29, 1.82) is 0 Å². The van der Waals surface area contributed by atoms with Crippen LogP contribution in [0, 0.1) is 0 Å². The molecule has 4 rings (SSSR count). The SMILES string of the molecule is CN(Cc1ccccn1)C(=O)Nc1ccnc2ccc(Oc3ccccc3)cc12. The smallest absolute Gasteiger partial charge is 0.321 e. The molecule has 6 nitrogen and oxygen atoms in total. The molecule has 2 heterocycles. The lowest BCUT2D eigenvalue weighted by Crippen LogP contribution is -2.31. The Morgan fingerprint density at radius 1 is 0.931 bits per heavy atom. The van der Waals surface area contributed by atoms with Gasteiger partial charge in [-0.25, -0.2) is 4.79 Å². The van der Waals surface area contributed by atoms with E-state index in [1.165, 1.54) is 0 Å². The van der Waals surface area contributed by atoms with Crippen LogP contribution < -0.4 is 10.1 Å². The van der Waals surface area contributed by atoms with E-state index in [-0.39, 0.29) is 6.03 Å². The van der Waals surface area contributed by atoms with Crippen molar-refractivity contribution < 1.29 is 9.53 Å². The van der Waals surface area contributed by atoms with E-state index >= 15 is 0 Å². The Hall–Kier alpha value is -3.93. The lowest BCUT2D eigenvalue weighted by molar-refractivity contribution is 0.220. The van der Waals surface area contributed by atoms with Crippen LogP contribution in [0.5, 0.6) is 11.5 Å². The van der Waals surface area contributed by atoms with Gasteiger partial charge in [-0.15, -0.1) is 0 Å². The first-order valence-electron chi connectivity index (χ1n) is 9.23. The predicted octanol–water partition coefficient (Wildman–Crippen LogP) is 5.09. The van der Waals surface area contributed by atoms with Gasteiger partial charge in [-0.3, -0.25) is 9.97 Å². The monoisotopic (exact) mass is 384 g/mol. The summed E-state index contributed by atoms with van der Waals surface area (Å²) in [5, 5.41) is 3.77. The van der Waals surface area contributed by atoms with Gasteiger partial charge in [0.2, 0.25) is 0 Å². The number of fused-ring (bicyclic) bond motifs is 1. The third kappa shape index (κ3) is 4.50. The molecule has 2 aromatic heterocycles. The first-order valence-corrected chi connectivity index (χ1v) is 9.23. The summed E-state index contributed by atoms with van der Waals surface area (Å²) in [5.74, 6) is 1.42. The molecule has 29 heavy (non-hydrogen) atoms. The summed E-state index contributed by atoms with van der Waals surface area (Å²) < 4.78 is 5.91. The van der Waals surface area contributed by atoms with Crippen molar-refractivity contribution in [1.82, 2.24) is 14.9 Å². The molecule has 0 radical (unpaired) electrons. The number of para-hydroxylation sites is 1. The summed E-state index contributed by atoms with van der Waals surface area (Å²) in [6, 6.07) is 22.4. The fourth-order valence-corrected chi connectivity index (χ4v) is 2.94. The molecule has 144 valence electrons. The number of carbonyl (C=O) groups excluding carboxylic acids is 1. The Kier molecular flexibility index (Phi) is 5.33. The van der Waals surface area contributed by atoms with E-state index in [0.29, 0.717) is 18.0 Å². The van der Waals surface area contributed by atoms with Gasteiger partial charge in [0, 0.05) is 24.8 Å². The normalized spacial score (nSPS) is 10.5. The van der Waals surface area contributed by atoms with Crippen molar-refractivity contribution in [2.75, 3.05) is 12.4 Å². The van der Waals surface area contributed by atoms with Crippen LogP contribution in [0.4, 0.5) is 10.5 Å². The maximum Gasteiger partial charge on any atom is 0.321 e. The van der Waals surface area contributed by atoms with Crippen LogP contribution in [0.25, 0.3) is 10.9 Å². The topological polar surface area (TPSA) is 67.4 Å². The number of nitrogens with one attached hydrogen (secondary N) is 1. The highest BCUT2D eigenvalue weighted by Crippen LogP contribution is 2.29. The van der Waals surface area contributed by atoms with Crippen LogP contribution in [0.2, 0.25) is 0 Å². The van der Waals surface area contributed by atoms with Gasteiger partial charge in [0.15, 0.2) is 0 Å². The number of hydrogen-bond acceptors (Lipinski definition) is 4. The second-order valence-electron chi connectivity index (χ2n) is 6.56. The molecule has 0 aliphatic carbocycles. The van der Waals surface area contributed by atoms with E-state index in [0.717, 1.165) is 22.3 Å². The molecule has 0 fully saturated rings. The van der Waals surface area contributed by atoms with Crippen LogP contribution in [0.15, 0.2) is 85.2 Å². The molecule has 0 spiro atoms. The molecule has 0 atom stereocenters. The number of amides is 2. The Labute approximate surface area is 168 Å². The van der Waals surface area contributed by atoms with E-state index in [9.17, 15) is 4.79 Å². The molecular formula is C23H20N4O2. The lowest BCUT2D eigenvalue weighted by Gasteiger charge is -2.18. The zero-order chi connectivity index (χ0) is 20.1. The standard InChI is InChI=1S/C23H20N4O2/c1-27(16-17-7-5-6-13-24-17)23(28)26-22-12-14-25-21-11-10-19(15-20(21)22)29-18-8-3-2-4-9-18/h2-15H,16H2,1H3,(H,25,26,28). The van der Waals surface area contributed by atoms with E-state index in [1.54, 1.807) is 30.4 Å². The maximum atomic E-state index is 12.7. The molecule has 0 aliphatic heterocycles. The fourth-order valence-electron chi connectivity index (χ4n) is 2.94. The first kappa shape index (κ1) is 18.4. The fraction of sp³-hybridized carbons (Fsp3) is 0.0870. The Morgan fingerprint density at radius 2 is 1.76 bits per heavy atom. The number of anilines is 1. The van der Waals surface area contributed by atoms with E-state index < -0.39 is 0 Å². The summed E-state index contributed by atoms with van der Waals surface area (Å²) in [6.45, 7) is 0.415. The van der Waals surface area contributed by atoms with Crippen molar-refractivity contribution in [2.45, 2.75) is 6.54 Å². The molecule has 6 heteroatoms. The number of nitrogens with zero attached hydrogens (tertiary/aromatic N) is 3. The average Bonchev–Trinajstić information content (AvgIpc) is 2.75. The van der Waals surface area contributed by atoms with Gasteiger partial charge < -0.3 is 15.0 Å². The van der Waals surface area contributed by atoms with Crippen molar-refractivity contribution in [3.05, 3.63) is 90.9 Å². The van der Waals surface area contributed by atoms with Crippen LogP contribution >= 0.6 is 0 Å². The Bertz CT molecular complexity index is 1120. The van der Waals surface area contributed by atoms with Gasteiger partial charge >= 0.3 is 6.03 Å². The van der Waals surface area contributed by atoms with Crippen LogP contribution in [0.3, 0.4) is 0 Å². The molecule has 0 aliphatic rings. The second kappa shape index (κ2) is 8.39. The molecular weight excluding hydrogens is 364 g/mol. The zero-order valence-electron chi connectivity index (χ0n) is 15.9. The molecule has 4 aromatic rings. The third-order valence-electron chi connectivity index (χ3n) is 4.41. The second-order valence-corrected chi connectivity index (χ2v) is 6.56. The van der Waals surface area contributed by atoms with Gasteiger partial charge in [0.1, 0.15) is 11.5 Å². The minimum absolute atomic E-state index is 0.225. The van der Waals surface area contributed by atoms with E-state index in [4.69, 9.17) is 4.74 Å². The van der Waals surface area contributed by atoms with Gasteiger partial charge in [0.05, 0.1) is 23.4 Å². The number of benzene rings is 2. The van der Waals surface area contributed by atoms with Crippen molar-refractivity contribution in [2.24, 2.45) is 0 Å². The number of urea groups is 1. The molecule has 0 saturated heterocycles. The molecule has 0 bridgehead atoms. The summed E-state index contributed by atoms with van der Waals surface area (Å²) >= 11 is 0. The minimum Gasteiger partial charge on any atom is -0.457 e.